The number of hydrogen-bond donors (Lipinski definition) is 2. The Hall–Kier alpha value is -3.46. The Balaban J connectivity index is 1.46. The number of likely N-dealkylation sites (tertiary alicyclic amines) is 1. The van der Waals surface area contributed by atoms with Crippen molar-refractivity contribution in [1.29, 1.82) is 0 Å². The molecule has 36 heavy (non-hydrogen) atoms. The molecule has 3 amide bonds. The summed E-state index contributed by atoms with van der Waals surface area (Å²) in [5.74, 6) is -1.38. The van der Waals surface area contributed by atoms with Gasteiger partial charge in [-0.25, -0.2) is 0 Å². The van der Waals surface area contributed by atoms with Crippen molar-refractivity contribution in [2.24, 2.45) is 17.8 Å². The van der Waals surface area contributed by atoms with Crippen molar-refractivity contribution in [1.82, 2.24) is 15.4 Å². The number of aryl methyl sites for hydroxylation is 1. The summed E-state index contributed by atoms with van der Waals surface area (Å²) < 4.78 is 11.6. The number of anilines is 1. The molecule has 0 radical (unpaired) electrons. The summed E-state index contributed by atoms with van der Waals surface area (Å²) in [7, 11) is 0. The van der Waals surface area contributed by atoms with Gasteiger partial charge in [0.2, 0.25) is 17.7 Å². The van der Waals surface area contributed by atoms with Crippen LogP contribution in [0, 0.1) is 24.7 Å². The molecule has 2 bridgehead atoms. The highest BCUT2D eigenvalue weighted by Crippen LogP contribution is 2.59. The number of amides is 3. The molecular weight excluding hydrogens is 460 g/mol. The van der Waals surface area contributed by atoms with Crippen molar-refractivity contribution < 1.29 is 23.6 Å². The molecule has 3 aliphatic rings. The van der Waals surface area contributed by atoms with Crippen LogP contribution in [0.5, 0.6) is 0 Å². The second kappa shape index (κ2) is 8.89. The molecule has 1 aromatic carbocycles. The van der Waals surface area contributed by atoms with Crippen molar-refractivity contribution in [3.8, 4) is 0 Å². The highest BCUT2D eigenvalue weighted by Gasteiger charge is 2.76. The number of hydrogen-bond acceptors (Lipinski definition) is 6. The quantitative estimate of drug-likeness (QED) is 0.548. The number of carbonyl (C=O) groups is 3. The number of fused-ring (bicyclic) bond motifs is 1. The van der Waals surface area contributed by atoms with Crippen LogP contribution in [0.2, 0.25) is 0 Å². The molecule has 1 aromatic heterocycles. The third kappa shape index (κ3) is 3.91. The van der Waals surface area contributed by atoms with Gasteiger partial charge in [0.15, 0.2) is 5.82 Å². The van der Waals surface area contributed by atoms with Crippen LogP contribution in [-0.4, -0.2) is 51.6 Å². The molecule has 2 N–H and O–H groups in total. The van der Waals surface area contributed by atoms with Crippen molar-refractivity contribution >= 4 is 23.5 Å². The van der Waals surface area contributed by atoms with E-state index in [2.05, 4.69) is 29.6 Å². The lowest BCUT2D eigenvalue weighted by Crippen LogP contribution is -2.54. The van der Waals surface area contributed by atoms with Crippen molar-refractivity contribution in [2.45, 2.75) is 57.9 Å². The highest BCUT2D eigenvalue weighted by atomic mass is 16.5. The van der Waals surface area contributed by atoms with Gasteiger partial charge in [-0.3, -0.25) is 14.4 Å². The van der Waals surface area contributed by atoms with E-state index in [0.717, 1.165) is 12.0 Å². The Bertz CT molecular complexity index is 1210. The maximum Gasteiger partial charge on any atom is 0.246 e. The lowest BCUT2D eigenvalue weighted by molar-refractivity contribution is -0.144. The SMILES string of the molecule is Cc1cc(NC(=O)[C@H]2[C@@H]3C(=O)N(CCC(C)C)[C@H](C(=O)NCc4ccccc4)[C@@]34C=C[C@]2(C)O4)no1. The molecule has 190 valence electrons. The molecule has 3 aliphatic heterocycles. The molecule has 5 rings (SSSR count). The van der Waals surface area contributed by atoms with Crippen LogP contribution in [0.15, 0.2) is 53.1 Å². The molecule has 9 heteroatoms. The molecule has 9 nitrogen and oxygen atoms in total. The minimum absolute atomic E-state index is 0.236. The first kappa shape index (κ1) is 24.2. The third-order valence-electron chi connectivity index (χ3n) is 7.46. The van der Waals surface area contributed by atoms with Gasteiger partial charge in [-0.1, -0.05) is 61.5 Å². The van der Waals surface area contributed by atoms with Crippen LogP contribution >= 0.6 is 0 Å². The van der Waals surface area contributed by atoms with E-state index in [1.165, 1.54) is 0 Å². The molecule has 2 fully saturated rings. The van der Waals surface area contributed by atoms with Gasteiger partial charge in [0, 0.05) is 19.2 Å². The number of nitrogens with one attached hydrogen (secondary N) is 2. The maximum atomic E-state index is 13.9. The Morgan fingerprint density at radius 1 is 1.17 bits per heavy atom. The summed E-state index contributed by atoms with van der Waals surface area (Å²) in [6.07, 6.45) is 4.37. The van der Waals surface area contributed by atoms with Crippen molar-refractivity contribution in [3.63, 3.8) is 0 Å². The van der Waals surface area contributed by atoms with Crippen molar-refractivity contribution in [3.05, 3.63) is 59.9 Å². The number of benzene rings is 1. The van der Waals surface area contributed by atoms with E-state index in [1.54, 1.807) is 24.8 Å². The summed E-state index contributed by atoms with van der Waals surface area (Å²) in [6.45, 7) is 8.41. The van der Waals surface area contributed by atoms with Gasteiger partial charge in [-0.05, 0) is 31.7 Å². The van der Waals surface area contributed by atoms with Crippen LogP contribution in [0.3, 0.4) is 0 Å². The molecule has 2 aromatic rings. The van der Waals surface area contributed by atoms with E-state index < -0.39 is 29.1 Å². The normalized spacial score (nSPS) is 30.2. The zero-order chi connectivity index (χ0) is 25.7. The zero-order valence-electron chi connectivity index (χ0n) is 21.0. The Kier molecular flexibility index (Phi) is 5.98. The van der Waals surface area contributed by atoms with Gasteiger partial charge in [0.1, 0.15) is 17.4 Å². The summed E-state index contributed by atoms with van der Waals surface area (Å²) in [5, 5.41) is 9.62. The molecule has 0 saturated carbocycles. The first-order chi connectivity index (χ1) is 17.1. The minimum atomic E-state index is -1.22. The molecule has 0 unspecified atom stereocenters. The van der Waals surface area contributed by atoms with E-state index in [9.17, 15) is 14.4 Å². The summed E-state index contributed by atoms with van der Waals surface area (Å²) in [5.41, 5.74) is -1.28. The van der Waals surface area contributed by atoms with Crippen LogP contribution < -0.4 is 10.6 Å². The van der Waals surface area contributed by atoms with Crippen LogP contribution in [0.25, 0.3) is 0 Å². The monoisotopic (exact) mass is 492 g/mol. The summed E-state index contributed by atoms with van der Waals surface area (Å²) in [6, 6.07) is 10.3. The Morgan fingerprint density at radius 2 is 1.92 bits per heavy atom. The lowest BCUT2D eigenvalue weighted by atomic mass is 9.70. The van der Waals surface area contributed by atoms with Crippen molar-refractivity contribution in [2.75, 3.05) is 11.9 Å². The number of carbonyl (C=O) groups excluding carboxylic acids is 3. The van der Waals surface area contributed by atoms with Gasteiger partial charge in [-0.2, -0.15) is 0 Å². The second-order valence-electron chi connectivity index (χ2n) is 10.6. The van der Waals surface area contributed by atoms with E-state index in [-0.39, 0.29) is 23.5 Å². The third-order valence-corrected chi connectivity index (χ3v) is 7.46. The largest absolute Gasteiger partial charge is 0.360 e. The zero-order valence-corrected chi connectivity index (χ0v) is 21.0. The average Bonchev–Trinajstić information content (AvgIpc) is 3.54. The molecular formula is C27H32N4O5. The fourth-order valence-electron chi connectivity index (χ4n) is 5.78. The van der Waals surface area contributed by atoms with Gasteiger partial charge in [-0.15, -0.1) is 0 Å². The molecule has 5 atom stereocenters. The molecule has 4 heterocycles. The van der Waals surface area contributed by atoms with E-state index in [0.29, 0.717) is 24.8 Å². The number of aromatic nitrogens is 1. The first-order valence-electron chi connectivity index (χ1n) is 12.4. The van der Waals surface area contributed by atoms with Gasteiger partial charge in [0.05, 0.1) is 17.4 Å². The number of nitrogens with zero attached hydrogens (tertiary/aromatic N) is 2. The van der Waals surface area contributed by atoms with E-state index in [1.807, 2.05) is 42.5 Å². The smallest absolute Gasteiger partial charge is 0.246 e. The maximum absolute atomic E-state index is 13.9. The average molecular weight is 493 g/mol. The first-order valence-corrected chi connectivity index (χ1v) is 12.4. The highest BCUT2D eigenvalue weighted by molar-refractivity contribution is 6.03. The van der Waals surface area contributed by atoms with E-state index in [4.69, 9.17) is 9.26 Å². The van der Waals surface area contributed by atoms with Crippen LogP contribution in [-0.2, 0) is 25.7 Å². The topological polar surface area (TPSA) is 114 Å². The van der Waals surface area contributed by atoms with Gasteiger partial charge < -0.3 is 24.8 Å². The fraction of sp³-hybridized carbons (Fsp3) is 0.481. The summed E-state index contributed by atoms with van der Waals surface area (Å²) >= 11 is 0. The predicted octanol–water partition coefficient (Wildman–Crippen LogP) is 2.82. The predicted molar refractivity (Wildman–Crippen MR) is 131 cm³/mol. The minimum Gasteiger partial charge on any atom is -0.360 e. The lowest BCUT2D eigenvalue weighted by Gasteiger charge is -2.33. The number of ether oxygens (including phenoxy) is 1. The Morgan fingerprint density at radius 3 is 2.58 bits per heavy atom. The standard InChI is InChI=1S/C27H32N4O5/c1-16(2)10-13-31-22(24(33)28-15-18-8-6-5-7-9-18)27-12-11-26(4,36-27)20(21(27)25(31)34)23(32)29-19-14-17(3)35-30-19/h5-9,11-12,14,16,20-22H,10,13,15H2,1-4H3,(H,28,33)(H,29,30,32)/t20-,21-,22-,26+,27-/m1/s1. The second-order valence-corrected chi connectivity index (χ2v) is 10.6. The van der Waals surface area contributed by atoms with E-state index >= 15 is 0 Å². The number of rotatable bonds is 8. The van der Waals surface area contributed by atoms with Gasteiger partial charge >= 0.3 is 0 Å². The molecule has 0 aliphatic carbocycles. The Labute approximate surface area is 210 Å². The van der Waals surface area contributed by atoms with Crippen LogP contribution in [0.4, 0.5) is 5.82 Å². The van der Waals surface area contributed by atoms with Crippen LogP contribution in [0.1, 0.15) is 38.5 Å². The summed E-state index contributed by atoms with van der Waals surface area (Å²) in [4.78, 5) is 42.7. The van der Waals surface area contributed by atoms with Gasteiger partial charge in [0.25, 0.3) is 0 Å². The fourth-order valence-corrected chi connectivity index (χ4v) is 5.78. The molecule has 1 spiro atoms. The molecule has 2 saturated heterocycles.